The number of H-pyrrole nitrogens is 2. The van der Waals surface area contributed by atoms with Crippen molar-refractivity contribution in [2.45, 2.75) is 110 Å². The molecular formula is C41H54N4O3S2. The van der Waals surface area contributed by atoms with Crippen LogP contribution in [0.2, 0.25) is 0 Å². The Morgan fingerprint density at radius 3 is 2.46 bits per heavy atom. The number of fused-ring (bicyclic) bond motifs is 8. The van der Waals surface area contributed by atoms with Crippen LogP contribution in [-0.4, -0.2) is 71.7 Å². The molecule has 6 rings (SSSR count). The zero-order chi connectivity index (χ0) is 35.5. The van der Waals surface area contributed by atoms with Crippen molar-refractivity contribution in [2.75, 3.05) is 23.9 Å². The smallest absolute Gasteiger partial charge is 0.106 e. The molecule has 6 heterocycles. The number of nitrogens with one attached hydrogen (secondary N) is 2. The molecular weight excluding hydrogens is 661 g/mol. The molecule has 8 bridgehead atoms. The van der Waals surface area contributed by atoms with Gasteiger partial charge in [0.05, 0.1) is 30.2 Å². The minimum Gasteiger partial charge on any atom is -0.394 e. The minimum absolute atomic E-state index is 0.0201. The number of hydrogen-bond acceptors (Lipinski definition) is 7. The summed E-state index contributed by atoms with van der Waals surface area (Å²) in [4.78, 5) is 18.0. The second kappa shape index (κ2) is 16.2. The van der Waals surface area contributed by atoms with Crippen LogP contribution in [0.5, 0.6) is 0 Å². The summed E-state index contributed by atoms with van der Waals surface area (Å²) in [6.07, 6.45) is 9.01. The molecule has 0 aromatic carbocycles. The molecule has 1 saturated heterocycles. The molecule has 0 spiro atoms. The molecule has 0 unspecified atom stereocenters. The van der Waals surface area contributed by atoms with Crippen LogP contribution in [0.15, 0.2) is 24.8 Å². The van der Waals surface area contributed by atoms with E-state index in [4.69, 9.17) is 14.7 Å². The van der Waals surface area contributed by atoms with Gasteiger partial charge in [0.2, 0.25) is 0 Å². The molecule has 1 fully saturated rings. The van der Waals surface area contributed by atoms with E-state index >= 15 is 0 Å². The number of ether oxygens (including phenoxy) is 1. The van der Waals surface area contributed by atoms with Gasteiger partial charge < -0.3 is 24.9 Å². The first-order chi connectivity index (χ1) is 24.1. The molecule has 50 heavy (non-hydrogen) atoms. The van der Waals surface area contributed by atoms with Gasteiger partial charge in [0.1, 0.15) is 5.44 Å². The molecule has 7 nitrogen and oxygen atoms in total. The quantitative estimate of drug-likeness (QED) is 0.139. The van der Waals surface area contributed by atoms with E-state index in [1.54, 1.807) is 11.8 Å². The van der Waals surface area contributed by atoms with Crippen LogP contribution < -0.4 is 0 Å². The Morgan fingerprint density at radius 2 is 1.70 bits per heavy atom. The van der Waals surface area contributed by atoms with Crippen molar-refractivity contribution in [1.82, 2.24) is 19.9 Å². The number of aliphatic hydroxyl groups is 2. The van der Waals surface area contributed by atoms with Crippen molar-refractivity contribution < 1.29 is 14.9 Å². The molecule has 3 aliphatic heterocycles. The van der Waals surface area contributed by atoms with Gasteiger partial charge in [0.25, 0.3) is 0 Å². The summed E-state index contributed by atoms with van der Waals surface area (Å²) in [5.74, 6) is 3.84. The van der Waals surface area contributed by atoms with E-state index in [2.05, 4.69) is 82.4 Å². The number of allylic oxidation sites excluding steroid dienone is 1. The molecule has 268 valence electrons. The lowest BCUT2D eigenvalue weighted by atomic mass is 9.86. The SMILES string of the molecule is C=Cc1c(C)c2cc3nc(c(C)c4nc(cc5[nH]c(cc1[nH]2)c(C)c5CC)C(C)=C4)[C@@H](CCCSCCCS[C@H]1C[C@@H](O)C[C@@H](CO)O1)[C@@H]3C. The zero-order valence-electron chi connectivity index (χ0n) is 30.6. The molecule has 3 aromatic rings. The van der Waals surface area contributed by atoms with Gasteiger partial charge in [-0.3, -0.25) is 4.98 Å². The van der Waals surface area contributed by atoms with Gasteiger partial charge in [-0.2, -0.15) is 11.8 Å². The molecule has 0 radical (unpaired) electrons. The third kappa shape index (κ3) is 7.82. The van der Waals surface area contributed by atoms with Gasteiger partial charge in [-0.05, 0) is 123 Å². The monoisotopic (exact) mass is 714 g/mol. The summed E-state index contributed by atoms with van der Waals surface area (Å²) in [5, 5.41) is 19.5. The summed E-state index contributed by atoms with van der Waals surface area (Å²) in [5.41, 5.74) is 15.9. The first-order valence-corrected chi connectivity index (χ1v) is 20.5. The van der Waals surface area contributed by atoms with Crippen molar-refractivity contribution >= 4 is 63.3 Å². The van der Waals surface area contributed by atoms with E-state index in [1.807, 2.05) is 17.8 Å². The first kappa shape index (κ1) is 37.0. The number of hydrogen-bond donors (Lipinski definition) is 4. The summed E-state index contributed by atoms with van der Waals surface area (Å²) < 4.78 is 5.91. The maximum Gasteiger partial charge on any atom is 0.106 e. The van der Waals surface area contributed by atoms with Crippen molar-refractivity contribution in [2.24, 2.45) is 0 Å². The summed E-state index contributed by atoms with van der Waals surface area (Å²) in [7, 11) is 0. The van der Waals surface area contributed by atoms with Gasteiger partial charge in [0.15, 0.2) is 0 Å². The van der Waals surface area contributed by atoms with Crippen LogP contribution in [-0.2, 0) is 11.2 Å². The van der Waals surface area contributed by atoms with Crippen molar-refractivity contribution in [3.63, 3.8) is 0 Å². The number of thioether (sulfide) groups is 2. The Labute approximate surface area is 305 Å². The molecule has 4 N–H and O–H groups in total. The molecule has 0 saturated carbocycles. The van der Waals surface area contributed by atoms with E-state index < -0.39 is 0 Å². The van der Waals surface area contributed by atoms with E-state index in [-0.39, 0.29) is 30.2 Å². The van der Waals surface area contributed by atoms with Crippen LogP contribution in [0.25, 0.3) is 39.8 Å². The average molecular weight is 715 g/mol. The first-order valence-electron chi connectivity index (χ1n) is 18.3. The number of aliphatic hydroxyl groups excluding tert-OH is 2. The molecule has 3 aromatic heterocycles. The summed E-state index contributed by atoms with van der Waals surface area (Å²) in [6.45, 7) is 17.4. The predicted molar refractivity (Wildman–Crippen MR) is 214 cm³/mol. The van der Waals surface area contributed by atoms with E-state index in [0.29, 0.717) is 18.8 Å². The second-order valence-corrected chi connectivity index (χ2v) is 16.7. The predicted octanol–water partition coefficient (Wildman–Crippen LogP) is 9.39. The standard InChI is InChI=1S/C41H54N4O3S2/c1-8-30-25(5)36-21-39-31(9-2)24(4)35(43-39)20-37-26(6)32(41(45-37)27(7)34-16-23(3)33(42-34)19-38(30)44-36)12-10-13-49-14-11-15-50-40-18-28(47)17-29(22-46)48-40/h9,16,19-21,26,28-29,32,40,43-44,46-47H,2,8,10-15,17-18,22H2,1,3-7H3/t26-,28-,29-,32-,40-/m0/s1. The average Bonchev–Trinajstić information content (AvgIpc) is 3.80. The fourth-order valence-corrected chi connectivity index (χ4v) is 10.0. The molecule has 3 aliphatic rings. The molecule has 0 amide bonds. The third-order valence-corrected chi connectivity index (χ3v) is 13.1. The van der Waals surface area contributed by atoms with Crippen LogP contribution in [0.4, 0.5) is 0 Å². The molecule has 5 atom stereocenters. The van der Waals surface area contributed by atoms with E-state index in [1.165, 1.54) is 33.5 Å². The Kier molecular flexibility index (Phi) is 12.0. The van der Waals surface area contributed by atoms with Crippen molar-refractivity contribution in [1.29, 1.82) is 0 Å². The lowest BCUT2D eigenvalue weighted by Crippen LogP contribution is -2.36. The fourth-order valence-electron chi connectivity index (χ4n) is 7.74. The highest BCUT2D eigenvalue weighted by molar-refractivity contribution is 8.00. The van der Waals surface area contributed by atoms with Gasteiger partial charge in [-0.25, -0.2) is 4.98 Å². The Balaban J connectivity index is 1.25. The summed E-state index contributed by atoms with van der Waals surface area (Å²) in [6, 6.07) is 6.71. The van der Waals surface area contributed by atoms with Crippen LogP contribution in [0.3, 0.4) is 0 Å². The maximum atomic E-state index is 10.1. The Morgan fingerprint density at radius 1 is 0.940 bits per heavy atom. The Bertz CT molecular complexity index is 1910. The van der Waals surface area contributed by atoms with Gasteiger partial charge >= 0.3 is 0 Å². The lowest BCUT2D eigenvalue weighted by molar-refractivity contribution is -0.0783. The van der Waals surface area contributed by atoms with Gasteiger partial charge in [0, 0.05) is 63.7 Å². The number of rotatable bonds is 12. The molecule has 0 aliphatic carbocycles. The normalized spacial score (nSPS) is 22.2. The number of aromatic amines is 2. The highest BCUT2D eigenvalue weighted by atomic mass is 32.2. The minimum atomic E-state index is -0.376. The van der Waals surface area contributed by atoms with Crippen molar-refractivity contribution in [3.05, 3.63) is 75.4 Å². The van der Waals surface area contributed by atoms with E-state index in [0.717, 1.165) is 87.7 Å². The maximum absolute atomic E-state index is 10.1. The summed E-state index contributed by atoms with van der Waals surface area (Å²) >= 11 is 3.79. The second-order valence-electron chi connectivity index (χ2n) is 14.2. The number of aromatic nitrogens is 4. The number of aryl methyl sites for hydroxylation is 3. The highest BCUT2D eigenvalue weighted by Gasteiger charge is 2.31. The highest BCUT2D eigenvalue weighted by Crippen LogP contribution is 2.42. The van der Waals surface area contributed by atoms with Crippen LogP contribution in [0.1, 0.15) is 115 Å². The van der Waals surface area contributed by atoms with Crippen LogP contribution in [0, 0.1) is 20.8 Å². The number of nitrogens with zero attached hydrogens (tertiary/aromatic N) is 2. The van der Waals surface area contributed by atoms with Gasteiger partial charge in [-0.1, -0.05) is 26.5 Å². The fraction of sp³-hybridized carbons (Fsp3) is 0.512. The molecule has 9 heteroatoms. The zero-order valence-corrected chi connectivity index (χ0v) is 32.2. The van der Waals surface area contributed by atoms with Crippen LogP contribution >= 0.6 is 23.5 Å². The largest absolute Gasteiger partial charge is 0.394 e. The third-order valence-electron chi connectivity index (χ3n) is 10.8. The van der Waals surface area contributed by atoms with Gasteiger partial charge in [-0.15, -0.1) is 11.8 Å². The topological polar surface area (TPSA) is 107 Å². The van der Waals surface area contributed by atoms with Crippen molar-refractivity contribution in [3.8, 4) is 0 Å². The van der Waals surface area contributed by atoms with E-state index in [9.17, 15) is 10.2 Å². The lowest BCUT2D eigenvalue weighted by Gasteiger charge is -2.31. The Hall–Kier alpha value is -2.82.